The van der Waals surface area contributed by atoms with E-state index >= 15 is 0 Å². The number of rotatable bonds is 6. The van der Waals surface area contributed by atoms with Gasteiger partial charge in [-0.15, -0.1) is 0 Å². The molecule has 0 atom stereocenters. The first-order valence-electron chi connectivity index (χ1n) is 11.6. The number of carbonyl (C=O) groups is 1. The van der Waals surface area contributed by atoms with E-state index in [0.29, 0.717) is 6.10 Å². The predicted molar refractivity (Wildman–Crippen MR) is 132 cm³/mol. The normalized spacial score (nSPS) is 24.2. The van der Waals surface area contributed by atoms with Gasteiger partial charge in [0.05, 0.1) is 12.0 Å². The van der Waals surface area contributed by atoms with Gasteiger partial charge in [-0.3, -0.25) is 9.69 Å². The van der Waals surface area contributed by atoms with Crippen molar-refractivity contribution in [1.29, 1.82) is 0 Å². The van der Waals surface area contributed by atoms with Crippen molar-refractivity contribution in [2.75, 3.05) is 31.9 Å². The molecule has 2 aromatic rings. The molecule has 2 aromatic carbocycles. The number of aliphatic carboxylic acids is 1. The highest BCUT2D eigenvalue weighted by Crippen LogP contribution is 2.48. The van der Waals surface area contributed by atoms with Crippen LogP contribution in [0.3, 0.4) is 0 Å². The molecule has 5 heteroatoms. The minimum absolute atomic E-state index is 0.170. The summed E-state index contributed by atoms with van der Waals surface area (Å²) in [5.41, 5.74) is 1.29. The largest absolute Gasteiger partial charge is 0.490 e. The van der Waals surface area contributed by atoms with Gasteiger partial charge >= 0.3 is 5.97 Å². The van der Waals surface area contributed by atoms with Crippen LogP contribution in [0.15, 0.2) is 36.4 Å². The van der Waals surface area contributed by atoms with Gasteiger partial charge in [0, 0.05) is 6.54 Å². The quantitative estimate of drug-likeness (QED) is 0.639. The Bertz CT molecular complexity index is 906. The fraction of sp³-hybridized carbons (Fsp3) is 0.577. The monoisotopic (exact) mass is 443 g/mol. The van der Waals surface area contributed by atoms with E-state index in [1.165, 1.54) is 42.0 Å². The lowest BCUT2D eigenvalue weighted by atomic mass is 9.96. The summed E-state index contributed by atoms with van der Waals surface area (Å²) in [4.78, 5) is 13.5. The summed E-state index contributed by atoms with van der Waals surface area (Å²) in [6, 6.07) is 13.1. The van der Waals surface area contributed by atoms with E-state index in [1.54, 1.807) is 0 Å². The van der Waals surface area contributed by atoms with Gasteiger partial charge in [0.2, 0.25) is 0 Å². The van der Waals surface area contributed by atoms with Crippen molar-refractivity contribution in [3.63, 3.8) is 0 Å². The van der Waals surface area contributed by atoms with Crippen LogP contribution in [0.5, 0.6) is 5.75 Å². The van der Waals surface area contributed by atoms with Gasteiger partial charge in [-0.1, -0.05) is 18.2 Å². The number of piperidine rings is 1. The Morgan fingerprint density at radius 2 is 1.61 bits per heavy atom. The zero-order valence-electron chi connectivity index (χ0n) is 19.2. The smallest absolute Gasteiger partial charge is 0.306 e. The Balaban J connectivity index is 1.34. The molecule has 1 N–H and O–H groups in total. The molecule has 0 amide bonds. The topological polar surface area (TPSA) is 49.8 Å². The second kappa shape index (κ2) is 9.41. The Kier molecular flexibility index (Phi) is 6.83. The fourth-order valence-corrected chi connectivity index (χ4v) is 6.78. The second-order valence-corrected chi connectivity index (χ2v) is 14.7. The van der Waals surface area contributed by atoms with Crippen molar-refractivity contribution >= 4 is 26.8 Å². The number of carboxylic acid groups (broad SMARTS) is 1. The van der Waals surface area contributed by atoms with Crippen LogP contribution >= 0.6 is 10.0 Å². The maximum Gasteiger partial charge on any atom is 0.306 e. The van der Waals surface area contributed by atoms with Crippen molar-refractivity contribution in [1.82, 2.24) is 4.90 Å². The number of fused-ring (bicyclic) bond motifs is 1. The number of likely N-dealkylation sites (tertiary alicyclic amines) is 1. The first-order valence-corrected chi connectivity index (χ1v) is 14.5. The number of hydrogen-bond donors (Lipinski definition) is 1. The van der Waals surface area contributed by atoms with E-state index in [1.807, 2.05) is 0 Å². The molecule has 31 heavy (non-hydrogen) atoms. The summed E-state index contributed by atoms with van der Waals surface area (Å²) in [6.45, 7) is 2.61. The lowest BCUT2D eigenvalue weighted by Gasteiger charge is -2.40. The molecule has 1 saturated carbocycles. The molecule has 0 spiro atoms. The van der Waals surface area contributed by atoms with Gasteiger partial charge in [-0.05, 0) is 110 Å². The van der Waals surface area contributed by atoms with E-state index < -0.39 is 16.0 Å². The van der Waals surface area contributed by atoms with Gasteiger partial charge in [0.25, 0.3) is 0 Å². The molecule has 0 radical (unpaired) electrons. The molecule has 0 aromatic heterocycles. The molecule has 170 valence electrons. The van der Waals surface area contributed by atoms with E-state index in [-0.39, 0.29) is 5.92 Å². The minimum Gasteiger partial charge on any atom is -0.490 e. The van der Waals surface area contributed by atoms with Crippen molar-refractivity contribution < 1.29 is 14.6 Å². The maximum atomic E-state index is 11.1. The summed E-state index contributed by atoms with van der Waals surface area (Å²) in [5, 5.41) is 12.5. The molecule has 1 heterocycles. The third-order valence-electron chi connectivity index (χ3n) is 7.14. The van der Waals surface area contributed by atoms with Gasteiger partial charge in [0.1, 0.15) is 5.75 Å². The SMILES string of the molecule is CS(C)(C)C1CCC(Oc2ccc3cc(CN4CCC(C(=O)O)CC4)ccc3c2)CC1. The van der Waals surface area contributed by atoms with Gasteiger partial charge in [0.15, 0.2) is 0 Å². The second-order valence-electron chi connectivity index (χ2n) is 10.2. The molecule has 1 aliphatic carbocycles. The zero-order chi connectivity index (χ0) is 22.0. The van der Waals surface area contributed by atoms with Crippen LogP contribution in [-0.4, -0.2) is 59.2 Å². The van der Waals surface area contributed by atoms with Gasteiger partial charge < -0.3 is 9.84 Å². The highest BCUT2D eigenvalue weighted by Gasteiger charge is 2.28. The molecule has 2 fully saturated rings. The molecule has 0 unspecified atom stereocenters. The molecule has 2 aliphatic rings. The van der Waals surface area contributed by atoms with Crippen LogP contribution < -0.4 is 4.74 Å². The molecule has 4 nitrogen and oxygen atoms in total. The summed E-state index contributed by atoms with van der Waals surface area (Å²) < 4.78 is 6.36. The molecule has 4 rings (SSSR count). The van der Waals surface area contributed by atoms with E-state index in [0.717, 1.165) is 43.5 Å². The Morgan fingerprint density at radius 3 is 2.26 bits per heavy atom. The fourth-order valence-electron chi connectivity index (χ4n) is 5.09. The average molecular weight is 444 g/mol. The Labute approximate surface area is 188 Å². The predicted octanol–water partition coefficient (Wildman–Crippen LogP) is 5.52. The van der Waals surface area contributed by atoms with Crippen molar-refractivity contribution in [2.24, 2.45) is 5.92 Å². The molecule has 1 aliphatic heterocycles. The van der Waals surface area contributed by atoms with Crippen LogP contribution in [-0.2, 0) is 11.3 Å². The number of nitrogens with zero attached hydrogens (tertiary/aromatic N) is 1. The summed E-state index contributed by atoms with van der Waals surface area (Å²) >= 11 is 0. The number of hydrogen-bond acceptors (Lipinski definition) is 3. The van der Waals surface area contributed by atoms with Crippen molar-refractivity contribution in [3.8, 4) is 5.75 Å². The molecule has 1 saturated heterocycles. The maximum absolute atomic E-state index is 11.1. The minimum atomic E-state index is -0.647. The van der Waals surface area contributed by atoms with E-state index in [2.05, 4.69) is 60.1 Å². The van der Waals surface area contributed by atoms with Crippen LogP contribution in [0.25, 0.3) is 10.8 Å². The van der Waals surface area contributed by atoms with Crippen LogP contribution in [0.2, 0.25) is 0 Å². The summed E-state index contributed by atoms with van der Waals surface area (Å²) in [7, 11) is -0.458. The first kappa shape index (κ1) is 22.5. The highest BCUT2D eigenvalue weighted by atomic mass is 32.3. The van der Waals surface area contributed by atoms with Gasteiger partial charge in [-0.25, -0.2) is 10.0 Å². The lowest BCUT2D eigenvalue weighted by Crippen LogP contribution is -2.35. The number of ether oxygens (including phenoxy) is 1. The van der Waals surface area contributed by atoms with Crippen molar-refractivity contribution in [2.45, 2.75) is 56.4 Å². The molecular weight excluding hydrogens is 406 g/mol. The third kappa shape index (κ3) is 5.75. The number of benzene rings is 2. The molecular formula is C26H37NO3S. The van der Waals surface area contributed by atoms with Crippen molar-refractivity contribution in [3.05, 3.63) is 42.0 Å². The Morgan fingerprint density at radius 1 is 0.968 bits per heavy atom. The summed E-state index contributed by atoms with van der Waals surface area (Å²) in [6.07, 6.45) is 14.1. The highest BCUT2D eigenvalue weighted by molar-refractivity contribution is 8.32. The zero-order valence-corrected chi connectivity index (χ0v) is 20.0. The first-order chi connectivity index (χ1) is 14.8. The van der Waals surface area contributed by atoms with E-state index in [4.69, 9.17) is 4.74 Å². The van der Waals surface area contributed by atoms with Crippen LogP contribution in [0, 0.1) is 5.92 Å². The van der Waals surface area contributed by atoms with Crippen LogP contribution in [0.1, 0.15) is 44.1 Å². The standard InChI is InChI=1S/C26H37NO3S/c1-31(2,3)25-10-8-23(9-11-25)30-24-7-6-21-16-19(4-5-22(21)17-24)18-27-14-12-20(13-15-27)26(28)29/h4-7,16-17,20,23,25H,8-15,18H2,1-3H3,(H,28,29). The van der Waals surface area contributed by atoms with Gasteiger partial charge in [-0.2, -0.15) is 0 Å². The lowest BCUT2D eigenvalue weighted by molar-refractivity contribution is -0.143. The average Bonchev–Trinajstić information content (AvgIpc) is 2.74. The number of carboxylic acids is 1. The molecule has 0 bridgehead atoms. The van der Waals surface area contributed by atoms with E-state index in [9.17, 15) is 9.90 Å². The Hall–Kier alpha value is -1.72. The van der Waals surface area contributed by atoms with Crippen LogP contribution in [0.4, 0.5) is 0 Å². The third-order valence-corrected chi connectivity index (χ3v) is 9.61. The summed E-state index contributed by atoms with van der Waals surface area (Å²) in [5.74, 6) is 0.172.